The van der Waals surface area contributed by atoms with Crippen LogP contribution in [0.2, 0.25) is 0 Å². The lowest BCUT2D eigenvalue weighted by atomic mass is 9.98. The molecular formula is C21H20FN3O5. The molecule has 2 aromatic heterocycles. The maximum Gasteiger partial charge on any atom is 0.267 e. The maximum atomic E-state index is 13.5. The number of halogens is 1. The van der Waals surface area contributed by atoms with Gasteiger partial charge in [0.25, 0.3) is 11.5 Å². The quantitative estimate of drug-likeness (QED) is 0.524. The fourth-order valence-corrected chi connectivity index (χ4v) is 3.24. The summed E-state index contributed by atoms with van der Waals surface area (Å²) in [5, 5.41) is 21.6. The molecule has 0 saturated carbocycles. The van der Waals surface area contributed by atoms with Gasteiger partial charge in [-0.15, -0.1) is 0 Å². The van der Waals surface area contributed by atoms with Gasteiger partial charge in [-0.3, -0.25) is 19.4 Å². The number of aryl methyl sites for hydroxylation is 1. The molecule has 0 fully saturated rings. The Morgan fingerprint density at radius 3 is 2.67 bits per heavy atom. The van der Waals surface area contributed by atoms with Gasteiger partial charge in [0.05, 0.1) is 12.1 Å². The molecule has 0 aliphatic rings. The summed E-state index contributed by atoms with van der Waals surface area (Å²) in [6, 6.07) is 5.56. The van der Waals surface area contributed by atoms with E-state index in [9.17, 15) is 23.9 Å². The monoisotopic (exact) mass is 413 g/mol. The summed E-state index contributed by atoms with van der Waals surface area (Å²) in [5.74, 6) is -2.16. The van der Waals surface area contributed by atoms with E-state index in [1.807, 2.05) is 0 Å². The Bertz CT molecular complexity index is 1220. The van der Waals surface area contributed by atoms with E-state index in [-0.39, 0.29) is 36.4 Å². The number of benzene rings is 1. The van der Waals surface area contributed by atoms with Crippen LogP contribution in [-0.4, -0.2) is 44.6 Å². The number of nitrogens with one attached hydrogen (secondary N) is 1. The molecule has 0 radical (unpaired) electrons. The van der Waals surface area contributed by atoms with Crippen LogP contribution in [0.4, 0.5) is 4.39 Å². The van der Waals surface area contributed by atoms with Crippen molar-refractivity contribution in [1.82, 2.24) is 14.9 Å². The van der Waals surface area contributed by atoms with E-state index in [0.29, 0.717) is 16.6 Å². The van der Waals surface area contributed by atoms with Crippen LogP contribution in [0.15, 0.2) is 35.3 Å². The molecule has 1 amide bonds. The normalized spacial score (nSPS) is 10.9. The van der Waals surface area contributed by atoms with Crippen LogP contribution >= 0.6 is 0 Å². The van der Waals surface area contributed by atoms with Gasteiger partial charge in [-0.05, 0) is 42.7 Å². The first-order chi connectivity index (χ1) is 14.2. The summed E-state index contributed by atoms with van der Waals surface area (Å²) >= 11 is 0. The van der Waals surface area contributed by atoms with E-state index in [0.717, 1.165) is 0 Å². The summed E-state index contributed by atoms with van der Waals surface area (Å²) in [7, 11) is 1.44. The Morgan fingerprint density at radius 1 is 1.27 bits per heavy atom. The van der Waals surface area contributed by atoms with E-state index in [1.165, 1.54) is 42.9 Å². The Balaban J connectivity index is 2.08. The highest BCUT2D eigenvalue weighted by atomic mass is 19.1. The highest BCUT2D eigenvalue weighted by Gasteiger charge is 2.22. The van der Waals surface area contributed by atoms with Crippen molar-refractivity contribution < 1.29 is 24.2 Å². The lowest BCUT2D eigenvalue weighted by molar-refractivity contribution is 0.0939. The number of carbonyl (C=O) groups excluding carboxylic acids is 2. The van der Waals surface area contributed by atoms with Crippen molar-refractivity contribution in [2.45, 2.75) is 13.3 Å². The highest BCUT2D eigenvalue weighted by Crippen LogP contribution is 2.26. The van der Waals surface area contributed by atoms with Crippen molar-refractivity contribution in [2.24, 2.45) is 7.05 Å². The van der Waals surface area contributed by atoms with Gasteiger partial charge in [0, 0.05) is 25.4 Å². The van der Waals surface area contributed by atoms with Gasteiger partial charge < -0.3 is 20.1 Å². The molecule has 3 N–H and O–H groups in total. The second kappa shape index (κ2) is 8.42. The molecule has 0 unspecified atom stereocenters. The number of aromatic nitrogens is 2. The van der Waals surface area contributed by atoms with E-state index in [2.05, 4.69) is 10.3 Å². The third kappa shape index (κ3) is 3.92. The molecule has 30 heavy (non-hydrogen) atoms. The molecule has 0 aliphatic heterocycles. The predicted octanol–water partition coefficient (Wildman–Crippen LogP) is 1.29. The third-order valence-electron chi connectivity index (χ3n) is 4.74. The second-order valence-corrected chi connectivity index (χ2v) is 6.81. The molecule has 0 saturated heterocycles. The van der Waals surface area contributed by atoms with Crippen LogP contribution in [-0.2, 0) is 13.5 Å². The highest BCUT2D eigenvalue weighted by molar-refractivity contribution is 6.01. The van der Waals surface area contributed by atoms with Gasteiger partial charge in [-0.2, -0.15) is 0 Å². The van der Waals surface area contributed by atoms with Crippen LogP contribution in [0.3, 0.4) is 0 Å². The average Bonchev–Trinajstić information content (AvgIpc) is 2.71. The molecule has 1 aromatic carbocycles. The fraction of sp³-hybridized carbons (Fsp3) is 0.238. The van der Waals surface area contributed by atoms with Crippen LogP contribution in [0.1, 0.15) is 38.8 Å². The Hall–Kier alpha value is -3.59. The number of pyridine rings is 2. The first-order valence-electron chi connectivity index (χ1n) is 9.13. The SMILES string of the molecule is CC(=O)c1cc(F)ccc1Cc1cnc2c(O)c(C(=O)NCCO)c(=O)n(C)c2c1. The van der Waals surface area contributed by atoms with Crippen molar-refractivity contribution in [1.29, 1.82) is 0 Å². The van der Waals surface area contributed by atoms with Crippen LogP contribution in [0, 0.1) is 5.82 Å². The van der Waals surface area contributed by atoms with E-state index < -0.39 is 28.6 Å². The molecule has 0 bridgehead atoms. The minimum atomic E-state index is -0.813. The zero-order valence-electron chi connectivity index (χ0n) is 16.4. The number of ketones is 1. The first kappa shape index (κ1) is 21.1. The van der Waals surface area contributed by atoms with E-state index >= 15 is 0 Å². The number of Topliss-reactive ketones (excluding diaryl/α,β-unsaturated/α-hetero) is 1. The van der Waals surface area contributed by atoms with Crippen molar-refractivity contribution in [2.75, 3.05) is 13.2 Å². The third-order valence-corrected chi connectivity index (χ3v) is 4.74. The van der Waals surface area contributed by atoms with Gasteiger partial charge in [0.2, 0.25) is 0 Å². The lowest BCUT2D eigenvalue weighted by Gasteiger charge is -2.13. The summed E-state index contributed by atoms with van der Waals surface area (Å²) in [5.41, 5.74) is 0.642. The number of amides is 1. The van der Waals surface area contributed by atoms with Crippen molar-refractivity contribution in [3.05, 3.63) is 68.9 Å². The lowest BCUT2D eigenvalue weighted by Crippen LogP contribution is -2.34. The topological polar surface area (TPSA) is 122 Å². The minimum absolute atomic E-state index is 0.0564. The number of hydrogen-bond acceptors (Lipinski definition) is 6. The molecule has 9 heteroatoms. The Labute approximate surface area is 170 Å². The largest absolute Gasteiger partial charge is 0.505 e. The zero-order valence-corrected chi connectivity index (χ0v) is 16.4. The van der Waals surface area contributed by atoms with Crippen LogP contribution in [0.25, 0.3) is 11.0 Å². The summed E-state index contributed by atoms with van der Waals surface area (Å²) < 4.78 is 14.7. The molecule has 0 spiro atoms. The van der Waals surface area contributed by atoms with Crippen LogP contribution in [0.5, 0.6) is 5.75 Å². The molecule has 3 rings (SSSR count). The molecule has 0 atom stereocenters. The van der Waals surface area contributed by atoms with E-state index in [4.69, 9.17) is 5.11 Å². The summed E-state index contributed by atoms with van der Waals surface area (Å²) in [6.07, 6.45) is 1.71. The Morgan fingerprint density at radius 2 is 2.00 bits per heavy atom. The standard InChI is InChI=1S/C21H20FN3O5/c1-11(27)15-9-14(22)4-3-13(15)7-12-8-16-18(24-10-12)19(28)17(21(30)25(16)2)20(29)23-5-6-26/h3-4,8-10,26,28H,5-7H2,1-2H3,(H,23,29). The molecule has 8 nitrogen and oxygen atoms in total. The number of aliphatic hydroxyl groups excluding tert-OH is 1. The average molecular weight is 413 g/mol. The number of aliphatic hydroxyl groups is 1. The predicted molar refractivity (Wildman–Crippen MR) is 107 cm³/mol. The fourth-order valence-electron chi connectivity index (χ4n) is 3.24. The van der Waals surface area contributed by atoms with Crippen molar-refractivity contribution >= 4 is 22.7 Å². The number of rotatable bonds is 6. The maximum absolute atomic E-state index is 13.5. The number of hydrogen-bond donors (Lipinski definition) is 3. The minimum Gasteiger partial charge on any atom is -0.505 e. The number of nitrogens with zero attached hydrogens (tertiary/aromatic N) is 2. The van der Waals surface area contributed by atoms with Gasteiger partial charge >= 0.3 is 0 Å². The van der Waals surface area contributed by atoms with Gasteiger partial charge in [-0.25, -0.2) is 4.39 Å². The molecule has 2 heterocycles. The zero-order chi connectivity index (χ0) is 22.0. The number of aromatic hydroxyl groups is 1. The number of carbonyl (C=O) groups is 2. The molecule has 3 aromatic rings. The number of fused-ring (bicyclic) bond motifs is 1. The van der Waals surface area contributed by atoms with Crippen LogP contribution < -0.4 is 10.9 Å². The molecular weight excluding hydrogens is 393 g/mol. The van der Waals surface area contributed by atoms with Gasteiger partial charge in [0.1, 0.15) is 16.9 Å². The molecule has 156 valence electrons. The first-order valence-corrected chi connectivity index (χ1v) is 9.13. The summed E-state index contributed by atoms with van der Waals surface area (Å²) in [6.45, 7) is 0.970. The van der Waals surface area contributed by atoms with Crippen molar-refractivity contribution in [3.63, 3.8) is 0 Å². The smallest absolute Gasteiger partial charge is 0.267 e. The summed E-state index contributed by atoms with van der Waals surface area (Å²) in [4.78, 5) is 40.8. The van der Waals surface area contributed by atoms with E-state index in [1.54, 1.807) is 6.07 Å². The Kier molecular flexibility index (Phi) is 5.93. The molecule has 0 aliphatic carbocycles. The van der Waals surface area contributed by atoms with Crippen molar-refractivity contribution in [3.8, 4) is 5.75 Å². The van der Waals surface area contributed by atoms with Gasteiger partial charge in [0.15, 0.2) is 11.5 Å². The van der Waals surface area contributed by atoms with Gasteiger partial charge in [-0.1, -0.05) is 6.07 Å². The second-order valence-electron chi connectivity index (χ2n) is 6.81.